The maximum Gasteiger partial charge on any atom is 0.271 e. The summed E-state index contributed by atoms with van der Waals surface area (Å²) < 4.78 is 0. The first-order valence-electron chi connectivity index (χ1n) is 10.2. The molecule has 0 saturated carbocycles. The van der Waals surface area contributed by atoms with Crippen LogP contribution < -0.4 is 9.96 Å². The van der Waals surface area contributed by atoms with E-state index < -0.39 is 28.9 Å². The Kier molecular flexibility index (Phi) is 4.71. The Morgan fingerprint density at radius 1 is 0.906 bits per heavy atom. The molecule has 3 aromatic carbocycles. The van der Waals surface area contributed by atoms with Gasteiger partial charge in [0.05, 0.1) is 22.3 Å². The number of anilines is 2. The van der Waals surface area contributed by atoms with Crippen molar-refractivity contribution in [3.63, 3.8) is 0 Å². The molecule has 2 amide bonds. The van der Waals surface area contributed by atoms with Crippen molar-refractivity contribution < 1.29 is 19.3 Å². The minimum absolute atomic E-state index is 0.103. The first-order valence-corrected chi connectivity index (χ1v) is 10.2. The van der Waals surface area contributed by atoms with Crippen molar-refractivity contribution in [1.82, 2.24) is 0 Å². The molecule has 8 heteroatoms. The molecule has 0 N–H and O–H groups in total. The molecule has 8 nitrogen and oxygen atoms in total. The van der Waals surface area contributed by atoms with E-state index in [1.807, 2.05) is 49.4 Å². The average molecular weight is 429 g/mol. The summed E-state index contributed by atoms with van der Waals surface area (Å²) in [6.07, 6.45) is -1.02. The number of amides is 2. The lowest BCUT2D eigenvalue weighted by Gasteiger charge is -2.29. The number of carbonyl (C=O) groups is 2. The second kappa shape index (κ2) is 7.58. The molecule has 2 aliphatic heterocycles. The van der Waals surface area contributed by atoms with E-state index in [0.29, 0.717) is 11.4 Å². The number of imide groups is 1. The van der Waals surface area contributed by atoms with Gasteiger partial charge in [-0.15, -0.1) is 0 Å². The fourth-order valence-corrected chi connectivity index (χ4v) is 4.42. The van der Waals surface area contributed by atoms with Crippen LogP contribution in [0.15, 0.2) is 78.9 Å². The minimum Gasteiger partial charge on any atom is -0.273 e. The van der Waals surface area contributed by atoms with Crippen molar-refractivity contribution in [3.8, 4) is 0 Å². The molecule has 0 spiro atoms. The molecule has 0 aliphatic carbocycles. The number of aryl methyl sites for hydroxylation is 1. The first kappa shape index (κ1) is 19.9. The van der Waals surface area contributed by atoms with Gasteiger partial charge in [0, 0.05) is 12.1 Å². The molecular weight excluding hydrogens is 410 g/mol. The van der Waals surface area contributed by atoms with Gasteiger partial charge in [0.2, 0.25) is 5.91 Å². The summed E-state index contributed by atoms with van der Waals surface area (Å²) in [4.78, 5) is 44.9. The molecule has 5 rings (SSSR count). The minimum atomic E-state index is -1.02. The summed E-state index contributed by atoms with van der Waals surface area (Å²) in [5.74, 6) is -1.58. The molecule has 0 aromatic heterocycles. The van der Waals surface area contributed by atoms with Gasteiger partial charge >= 0.3 is 0 Å². The second-order valence-corrected chi connectivity index (χ2v) is 7.81. The summed E-state index contributed by atoms with van der Waals surface area (Å²) in [5.41, 5.74) is 2.43. The molecule has 0 bridgehead atoms. The molecule has 2 fully saturated rings. The van der Waals surface area contributed by atoms with E-state index in [1.54, 1.807) is 24.3 Å². The number of benzene rings is 3. The summed E-state index contributed by atoms with van der Waals surface area (Å²) >= 11 is 0. The molecule has 2 aliphatic rings. The van der Waals surface area contributed by atoms with Crippen molar-refractivity contribution in [2.45, 2.75) is 19.1 Å². The quantitative estimate of drug-likeness (QED) is 0.354. The topological polar surface area (TPSA) is 93.0 Å². The highest BCUT2D eigenvalue weighted by Crippen LogP contribution is 2.48. The molecule has 32 heavy (non-hydrogen) atoms. The van der Waals surface area contributed by atoms with Gasteiger partial charge in [-0.3, -0.25) is 24.5 Å². The number of nitro benzene ring substituents is 1. The highest BCUT2D eigenvalue weighted by molar-refractivity contribution is 6.24. The lowest BCUT2D eigenvalue weighted by molar-refractivity contribution is -0.384. The zero-order chi connectivity index (χ0) is 22.4. The molecule has 0 radical (unpaired) electrons. The van der Waals surface area contributed by atoms with E-state index in [9.17, 15) is 19.7 Å². The molecule has 3 aromatic rings. The van der Waals surface area contributed by atoms with Gasteiger partial charge in [0.1, 0.15) is 5.92 Å². The third kappa shape index (κ3) is 3.04. The van der Waals surface area contributed by atoms with Crippen molar-refractivity contribution in [2.24, 2.45) is 5.92 Å². The van der Waals surface area contributed by atoms with E-state index in [-0.39, 0.29) is 11.6 Å². The van der Waals surface area contributed by atoms with E-state index >= 15 is 0 Å². The molecule has 3 atom stereocenters. The largest absolute Gasteiger partial charge is 0.273 e. The van der Waals surface area contributed by atoms with Crippen LogP contribution in [0.25, 0.3) is 0 Å². The smallest absolute Gasteiger partial charge is 0.271 e. The highest BCUT2D eigenvalue weighted by Gasteiger charge is 2.60. The van der Waals surface area contributed by atoms with E-state index in [2.05, 4.69) is 0 Å². The number of fused-ring (bicyclic) bond motifs is 1. The van der Waals surface area contributed by atoms with Crippen LogP contribution >= 0.6 is 0 Å². The predicted octanol–water partition coefficient (Wildman–Crippen LogP) is 3.95. The van der Waals surface area contributed by atoms with Crippen LogP contribution in [0.3, 0.4) is 0 Å². The number of nitro groups is 1. The highest BCUT2D eigenvalue weighted by atomic mass is 16.7. The van der Waals surface area contributed by atoms with Gasteiger partial charge in [0.25, 0.3) is 11.6 Å². The van der Waals surface area contributed by atoms with Crippen molar-refractivity contribution in [3.05, 3.63) is 100 Å². The fraction of sp³-hybridized carbons (Fsp3) is 0.167. The van der Waals surface area contributed by atoms with Gasteiger partial charge in [0.15, 0.2) is 6.10 Å². The number of para-hydroxylation sites is 1. The van der Waals surface area contributed by atoms with Crippen LogP contribution in [-0.4, -0.2) is 22.8 Å². The zero-order valence-corrected chi connectivity index (χ0v) is 17.1. The SMILES string of the molecule is Cc1ccccc1N1C(=O)[C@H]2[C@@H](ON(c3cccc([N+](=O)[O-])c3)[C@H]2c2ccccc2)C1=O. The molecule has 160 valence electrons. The first-order chi connectivity index (χ1) is 15.5. The Morgan fingerprint density at radius 2 is 1.62 bits per heavy atom. The Bertz CT molecular complexity index is 1230. The Labute approximate surface area is 183 Å². The second-order valence-electron chi connectivity index (χ2n) is 7.81. The summed E-state index contributed by atoms with van der Waals surface area (Å²) in [5, 5.41) is 12.7. The third-order valence-corrected chi connectivity index (χ3v) is 5.91. The number of non-ortho nitro benzene ring substituents is 1. The maximum atomic E-state index is 13.6. The van der Waals surface area contributed by atoms with Gasteiger partial charge in [-0.2, -0.15) is 0 Å². The van der Waals surface area contributed by atoms with Crippen LogP contribution in [0.2, 0.25) is 0 Å². The third-order valence-electron chi connectivity index (χ3n) is 5.91. The monoisotopic (exact) mass is 429 g/mol. The zero-order valence-electron chi connectivity index (χ0n) is 17.1. The average Bonchev–Trinajstić information content (AvgIpc) is 3.31. The summed E-state index contributed by atoms with van der Waals surface area (Å²) in [6.45, 7) is 1.84. The Balaban J connectivity index is 1.60. The van der Waals surface area contributed by atoms with Gasteiger partial charge < -0.3 is 0 Å². The number of carbonyl (C=O) groups excluding carboxylic acids is 2. The maximum absolute atomic E-state index is 13.6. The lowest BCUT2D eigenvalue weighted by Crippen LogP contribution is -2.37. The van der Waals surface area contributed by atoms with Crippen LogP contribution in [0, 0.1) is 23.0 Å². The van der Waals surface area contributed by atoms with Crippen LogP contribution in [0.5, 0.6) is 0 Å². The van der Waals surface area contributed by atoms with E-state index in [1.165, 1.54) is 22.1 Å². The molecule has 2 heterocycles. The predicted molar refractivity (Wildman–Crippen MR) is 117 cm³/mol. The lowest BCUT2D eigenvalue weighted by atomic mass is 9.90. The Morgan fingerprint density at radius 3 is 2.34 bits per heavy atom. The molecule has 0 unspecified atom stereocenters. The van der Waals surface area contributed by atoms with E-state index in [4.69, 9.17) is 4.84 Å². The van der Waals surface area contributed by atoms with Gasteiger partial charge in [-0.05, 0) is 30.2 Å². The number of rotatable bonds is 4. The molecule has 2 saturated heterocycles. The van der Waals surface area contributed by atoms with Gasteiger partial charge in [-0.1, -0.05) is 54.6 Å². The fourth-order valence-electron chi connectivity index (χ4n) is 4.42. The van der Waals surface area contributed by atoms with E-state index in [0.717, 1.165) is 11.1 Å². The number of hydroxylamine groups is 1. The van der Waals surface area contributed by atoms with Crippen LogP contribution in [0.1, 0.15) is 17.2 Å². The van der Waals surface area contributed by atoms with Gasteiger partial charge in [-0.25, -0.2) is 9.96 Å². The van der Waals surface area contributed by atoms with Crippen molar-refractivity contribution in [1.29, 1.82) is 0 Å². The number of hydrogen-bond donors (Lipinski definition) is 0. The number of hydrogen-bond acceptors (Lipinski definition) is 6. The standard InChI is InChI=1S/C24H19N3O5/c1-15-8-5-6-13-19(15)25-23(28)20-21(16-9-3-2-4-10-16)26(32-22(20)24(25)29)17-11-7-12-18(14-17)27(30)31/h2-14,20-22H,1H3/t20-,21+,22-/m1/s1. The summed E-state index contributed by atoms with van der Waals surface area (Å²) in [7, 11) is 0. The van der Waals surface area contributed by atoms with Crippen molar-refractivity contribution >= 4 is 28.9 Å². The summed E-state index contributed by atoms with van der Waals surface area (Å²) in [6, 6.07) is 21.8. The normalized spacial score (nSPS) is 22.3. The van der Waals surface area contributed by atoms with Crippen molar-refractivity contribution in [2.75, 3.05) is 9.96 Å². The van der Waals surface area contributed by atoms with Crippen LogP contribution in [-0.2, 0) is 14.4 Å². The Hall–Kier alpha value is -4.04. The van der Waals surface area contributed by atoms with Crippen LogP contribution in [0.4, 0.5) is 17.1 Å². The molecular formula is C24H19N3O5. The number of nitrogens with zero attached hydrogens (tertiary/aromatic N) is 3.